The van der Waals surface area contributed by atoms with E-state index in [1.165, 1.54) is 10.6 Å². The molecular formula is C12H13ClN2O3. The van der Waals surface area contributed by atoms with Gasteiger partial charge in [0, 0.05) is 12.6 Å². The van der Waals surface area contributed by atoms with Crippen molar-refractivity contribution in [3.8, 4) is 11.8 Å². The fourth-order valence-corrected chi connectivity index (χ4v) is 1.88. The highest BCUT2D eigenvalue weighted by molar-refractivity contribution is 6.29. The lowest BCUT2D eigenvalue weighted by atomic mass is 10.4. The standard InChI is InChI=1S/C12H13ClN2O3/c13-10-7-11(17)14(5-1-2-6-16)12(18)15(10)8-9-3-4-9/h7,9,16H,3-6,8H2. The lowest BCUT2D eigenvalue weighted by molar-refractivity contribution is 0.350. The van der Waals surface area contributed by atoms with Gasteiger partial charge in [-0.2, -0.15) is 0 Å². The number of hydrogen-bond donors (Lipinski definition) is 1. The molecule has 0 radical (unpaired) electrons. The number of aliphatic hydroxyl groups is 1. The summed E-state index contributed by atoms with van der Waals surface area (Å²) < 4.78 is 2.43. The first kappa shape index (κ1) is 12.9. The van der Waals surface area contributed by atoms with Crippen LogP contribution < -0.4 is 11.2 Å². The number of aromatic nitrogens is 2. The minimum atomic E-state index is -0.468. The van der Waals surface area contributed by atoms with E-state index in [9.17, 15) is 9.59 Å². The maximum absolute atomic E-state index is 12.1. The SMILES string of the molecule is O=c1cc(Cl)n(CC2CC2)c(=O)n1CC#CCO. The molecule has 6 heteroatoms. The van der Waals surface area contributed by atoms with Crippen LogP contribution in [0.15, 0.2) is 15.7 Å². The molecule has 1 aliphatic carbocycles. The van der Waals surface area contributed by atoms with Crippen molar-refractivity contribution in [1.29, 1.82) is 0 Å². The van der Waals surface area contributed by atoms with Crippen LogP contribution in [0.2, 0.25) is 5.15 Å². The summed E-state index contributed by atoms with van der Waals surface area (Å²) in [5, 5.41) is 8.71. The second-order valence-electron chi connectivity index (χ2n) is 4.24. The number of halogens is 1. The third-order valence-corrected chi connectivity index (χ3v) is 3.12. The third-order valence-electron chi connectivity index (χ3n) is 2.81. The first-order valence-corrected chi connectivity index (χ1v) is 6.08. The van der Waals surface area contributed by atoms with Gasteiger partial charge in [-0.05, 0) is 18.8 Å². The summed E-state index contributed by atoms with van der Waals surface area (Å²) in [7, 11) is 0. The van der Waals surface area contributed by atoms with E-state index in [0.29, 0.717) is 12.5 Å². The molecule has 0 atom stereocenters. The van der Waals surface area contributed by atoms with Crippen molar-refractivity contribution in [2.45, 2.75) is 25.9 Å². The van der Waals surface area contributed by atoms with Crippen molar-refractivity contribution in [1.82, 2.24) is 9.13 Å². The van der Waals surface area contributed by atoms with E-state index in [4.69, 9.17) is 16.7 Å². The van der Waals surface area contributed by atoms with Crippen molar-refractivity contribution in [2.24, 2.45) is 5.92 Å². The van der Waals surface area contributed by atoms with Gasteiger partial charge in [0.15, 0.2) is 0 Å². The summed E-state index contributed by atoms with van der Waals surface area (Å²) in [4.78, 5) is 23.7. The molecule has 18 heavy (non-hydrogen) atoms. The Hall–Kier alpha value is -1.51. The molecule has 1 aromatic heterocycles. The van der Waals surface area contributed by atoms with Crippen LogP contribution in [0.3, 0.4) is 0 Å². The second-order valence-corrected chi connectivity index (χ2v) is 4.63. The fraction of sp³-hybridized carbons (Fsp3) is 0.500. The Bertz CT molecular complexity index is 617. The molecule has 1 N–H and O–H groups in total. The van der Waals surface area contributed by atoms with Crippen LogP contribution in [0.5, 0.6) is 0 Å². The molecule has 0 amide bonds. The van der Waals surface area contributed by atoms with Crippen LogP contribution in [-0.2, 0) is 13.1 Å². The summed E-state index contributed by atoms with van der Waals surface area (Å²) in [5.41, 5.74) is -0.907. The molecule has 0 aliphatic heterocycles. The van der Waals surface area contributed by atoms with Gasteiger partial charge in [-0.15, -0.1) is 0 Å². The molecule has 1 saturated carbocycles. The Morgan fingerprint density at radius 3 is 2.67 bits per heavy atom. The minimum absolute atomic E-state index is 0.0277. The van der Waals surface area contributed by atoms with Gasteiger partial charge in [-0.25, -0.2) is 9.36 Å². The average Bonchev–Trinajstić information content (AvgIpc) is 3.13. The summed E-state index contributed by atoms with van der Waals surface area (Å²) in [6.45, 7) is 0.226. The van der Waals surface area contributed by atoms with Crippen LogP contribution in [0.1, 0.15) is 12.8 Å². The Morgan fingerprint density at radius 1 is 1.33 bits per heavy atom. The van der Waals surface area contributed by atoms with E-state index in [1.807, 2.05) is 0 Å². The van der Waals surface area contributed by atoms with Crippen LogP contribution in [0.4, 0.5) is 0 Å². The van der Waals surface area contributed by atoms with Crippen LogP contribution in [-0.4, -0.2) is 20.8 Å². The van der Waals surface area contributed by atoms with Gasteiger partial charge in [0.1, 0.15) is 11.8 Å². The van der Waals surface area contributed by atoms with Crippen molar-refractivity contribution >= 4 is 11.6 Å². The first-order valence-electron chi connectivity index (χ1n) is 5.70. The Morgan fingerprint density at radius 2 is 2.06 bits per heavy atom. The highest BCUT2D eigenvalue weighted by Crippen LogP contribution is 2.30. The van der Waals surface area contributed by atoms with Gasteiger partial charge >= 0.3 is 5.69 Å². The molecule has 0 spiro atoms. The predicted octanol–water partition coefficient (Wildman–Crippen LogP) is 0.0691. The van der Waals surface area contributed by atoms with E-state index < -0.39 is 11.2 Å². The molecule has 1 fully saturated rings. The van der Waals surface area contributed by atoms with Gasteiger partial charge in [0.2, 0.25) is 0 Å². The van der Waals surface area contributed by atoms with Gasteiger partial charge < -0.3 is 5.11 Å². The number of hydrogen-bond acceptors (Lipinski definition) is 3. The van der Waals surface area contributed by atoms with Crippen molar-refractivity contribution in [3.05, 3.63) is 32.1 Å². The van der Waals surface area contributed by atoms with Gasteiger partial charge in [0.05, 0.1) is 6.54 Å². The van der Waals surface area contributed by atoms with Gasteiger partial charge in [0.25, 0.3) is 5.56 Å². The molecule has 1 aromatic rings. The molecule has 0 bridgehead atoms. The number of aliphatic hydroxyl groups excluding tert-OH is 1. The van der Waals surface area contributed by atoms with Crippen molar-refractivity contribution < 1.29 is 5.11 Å². The van der Waals surface area contributed by atoms with Crippen LogP contribution in [0.25, 0.3) is 0 Å². The molecule has 0 aromatic carbocycles. The highest BCUT2D eigenvalue weighted by Gasteiger charge is 2.23. The van der Waals surface area contributed by atoms with Crippen molar-refractivity contribution in [2.75, 3.05) is 6.61 Å². The maximum Gasteiger partial charge on any atom is 0.332 e. The van der Waals surface area contributed by atoms with E-state index in [1.54, 1.807) is 0 Å². The monoisotopic (exact) mass is 268 g/mol. The largest absolute Gasteiger partial charge is 0.384 e. The minimum Gasteiger partial charge on any atom is -0.384 e. The number of rotatable bonds is 3. The molecule has 2 rings (SSSR count). The normalized spacial score (nSPS) is 14.1. The second kappa shape index (κ2) is 5.42. The first-order chi connectivity index (χ1) is 8.63. The molecule has 0 saturated heterocycles. The maximum atomic E-state index is 12.1. The summed E-state index contributed by atoms with van der Waals surface area (Å²) in [6.07, 6.45) is 2.18. The summed E-state index contributed by atoms with van der Waals surface area (Å²) >= 11 is 5.91. The topological polar surface area (TPSA) is 64.2 Å². The fourth-order valence-electron chi connectivity index (χ4n) is 1.65. The van der Waals surface area contributed by atoms with E-state index in [0.717, 1.165) is 17.4 Å². The third kappa shape index (κ3) is 2.84. The summed E-state index contributed by atoms with van der Waals surface area (Å²) in [6, 6.07) is 1.23. The van der Waals surface area contributed by atoms with Gasteiger partial charge in [-0.1, -0.05) is 23.4 Å². The lowest BCUT2D eigenvalue weighted by Crippen LogP contribution is -2.39. The van der Waals surface area contributed by atoms with Crippen molar-refractivity contribution in [3.63, 3.8) is 0 Å². The molecule has 1 aliphatic rings. The molecular weight excluding hydrogens is 256 g/mol. The molecule has 96 valence electrons. The molecule has 5 nitrogen and oxygen atoms in total. The zero-order valence-electron chi connectivity index (χ0n) is 9.73. The molecule has 0 unspecified atom stereocenters. The smallest absolute Gasteiger partial charge is 0.332 e. The summed E-state index contributed by atoms with van der Waals surface area (Å²) in [5.74, 6) is 5.44. The van der Waals surface area contributed by atoms with E-state index >= 15 is 0 Å². The van der Waals surface area contributed by atoms with E-state index in [2.05, 4.69) is 11.8 Å². The highest BCUT2D eigenvalue weighted by atomic mass is 35.5. The quantitative estimate of drug-likeness (QED) is 0.623. The Kier molecular flexibility index (Phi) is 3.90. The average molecular weight is 269 g/mol. The van der Waals surface area contributed by atoms with E-state index in [-0.39, 0.29) is 18.3 Å². The van der Waals surface area contributed by atoms with Gasteiger partial charge in [-0.3, -0.25) is 9.36 Å². The van der Waals surface area contributed by atoms with Crippen LogP contribution in [0, 0.1) is 17.8 Å². The lowest BCUT2D eigenvalue weighted by Gasteiger charge is -2.09. The zero-order valence-corrected chi connectivity index (χ0v) is 10.5. The zero-order chi connectivity index (χ0) is 13.1. The number of nitrogens with zero attached hydrogens (tertiary/aromatic N) is 2. The molecule has 1 heterocycles. The van der Waals surface area contributed by atoms with Crippen LogP contribution >= 0.6 is 11.6 Å². The Balaban J connectivity index is 2.38. The Labute approximate surface area is 109 Å². The predicted molar refractivity (Wildman–Crippen MR) is 67.6 cm³/mol.